The van der Waals surface area contributed by atoms with Gasteiger partial charge in [-0.1, -0.05) is 36.4 Å². The lowest BCUT2D eigenvalue weighted by Crippen LogP contribution is -2.37. The Hall–Kier alpha value is -2.37. The fourth-order valence-electron chi connectivity index (χ4n) is 4.16. The molecule has 28 heavy (non-hydrogen) atoms. The van der Waals surface area contributed by atoms with E-state index in [1.165, 1.54) is 16.3 Å². The van der Waals surface area contributed by atoms with Crippen LogP contribution in [0.2, 0.25) is 0 Å². The average molecular weight is 397 g/mol. The summed E-state index contributed by atoms with van der Waals surface area (Å²) in [6.45, 7) is 3.79. The summed E-state index contributed by atoms with van der Waals surface area (Å²) in [5.74, 6) is 0.0550. The largest absolute Gasteiger partial charge is 0.327 e. The van der Waals surface area contributed by atoms with Crippen LogP contribution in [-0.4, -0.2) is 33.6 Å². The van der Waals surface area contributed by atoms with Crippen LogP contribution in [0.25, 0.3) is 10.8 Å². The Morgan fingerprint density at radius 3 is 2.75 bits per heavy atom. The van der Waals surface area contributed by atoms with E-state index >= 15 is 0 Å². The summed E-state index contributed by atoms with van der Waals surface area (Å²) >= 11 is 0. The predicted molar refractivity (Wildman–Crippen MR) is 113 cm³/mol. The zero-order valence-corrected chi connectivity index (χ0v) is 16.8. The van der Waals surface area contributed by atoms with Gasteiger partial charge in [0.15, 0.2) is 5.69 Å². The van der Waals surface area contributed by atoms with Crippen molar-refractivity contribution in [3.05, 3.63) is 65.0 Å². The fourth-order valence-corrected chi connectivity index (χ4v) is 4.16. The van der Waals surface area contributed by atoms with Gasteiger partial charge < -0.3 is 10.2 Å². The minimum atomic E-state index is 0. The molecule has 146 valence electrons. The van der Waals surface area contributed by atoms with E-state index < -0.39 is 0 Å². The lowest BCUT2D eigenvalue weighted by atomic mass is 10.0. The first-order valence-electron chi connectivity index (χ1n) is 9.80. The molecule has 2 N–H and O–H groups in total. The number of aromatic amines is 1. The van der Waals surface area contributed by atoms with Crippen LogP contribution in [-0.2, 0) is 13.0 Å². The van der Waals surface area contributed by atoms with E-state index in [9.17, 15) is 4.79 Å². The van der Waals surface area contributed by atoms with Crippen LogP contribution in [0, 0.1) is 0 Å². The Labute approximate surface area is 170 Å². The molecular weight excluding hydrogens is 372 g/mol. The summed E-state index contributed by atoms with van der Waals surface area (Å²) in [7, 11) is 0. The molecule has 1 aliphatic heterocycles. The second kappa shape index (κ2) is 7.57. The van der Waals surface area contributed by atoms with Gasteiger partial charge in [-0.2, -0.15) is 5.10 Å². The Bertz CT molecular complexity index is 1010. The highest BCUT2D eigenvalue weighted by Crippen LogP contribution is 2.36. The van der Waals surface area contributed by atoms with Crippen LogP contribution in [0.4, 0.5) is 0 Å². The number of nitrogens with one attached hydrogen (secondary N) is 2. The number of amides is 1. The van der Waals surface area contributed by atoms with Crippen LogP contribution in [0.1, 0.15) is 53.1 Å². The van der Waals surface area contributed by atoms with Crippen LogP contribution >= 0.6 is 12.4 Å². The van der Waals surface area contributed by atoms with E-state index in [0.717, 1.165) is 43.6 Å². The van der Waals surface area contributed by atoms with Gasteiger partial charge in [0, 0.05) is 36.8 Å². The number of hydrogen-bond donors (Lipinski definition) is 2. The molecule has 2 aliphatic rings. The topological polar surface area (TPSA) is 61.0 Å². The van der Waals surface area contributed by atoms with Gasteiger partial charge in [0.2, 0.25) is 0 Å². The van der Waals surface area contributed by atoms with Gasteiger partial charge >= 0.3 is 0 Å². The number of carbonyl (C=O) groups is 1. The van der Waals surface area contributed by atoms with E-state index in [2.05, 4.69) is 69.8 Å². The molecule has 6 heteroatoms. The molecule has 1 aliphatic carbocycles. The molecule has 1 amide bonds. The number of halogens is 1. The van der Waals surface area contributed by atoms with E-state index in [1.54, 1.807) is 0 Å². The van der Waals surface area contributed by atoms with Crippen molar-refractivity contribution in [2.75, 3.05) is 6.54 Å². The van der Waals surface area contributed by atoms with Gasteiger partial charge in [0.1, 0.15) is 0 Å². The second-order valence-electron chi connectivity index (χ2n) is 7.68. The van der Waals surface area contributed by atoms with Gasteiger partial charge in [-0.3, -0.25) is 9.89 Å². The number of carbonyl (C=O) groups excluding carboxylic acids is 1. The number of rotatable bonds is 4. The monoisotopic (exact) mass is 396 g/mol. The normalized spacial score (nSPS) is 16.9. The number of nitrogens with zero attached hydrogens (tertiary/aromatic N) is 2. The van der Waals surface area contributed by atoms with Gasteiger partial charge in [0.25, 0.3) is 5.91 Å². The van der Waals surface area contributed by atoms with E-state index in [4.69, 9.17) is 0 Å². The molecule has 1 unspecified atom stereocenters. The Morgan fingerprint density at radius 1 is 1.18 bits per heavy atom. The molecule has 2 heterocycles. The fraction of sp³-hybridized carbons (Fsp3) is 0.364. The number of aromatic nitrogens is 2. The van der Waals surface area contributed by atoms with Crippen molar-refractivity contribution < 1.29 is 4.79 Å². The molecular formula is C22H25ClN4O. The number of H-pyrrole nitrogens is 1. The summed E-state index contributed by atoms with van der Waals surface area (Å²) in [5, 5.41) is 13.3. The molecule has 1 aromatic heterocycles. The number of benzene rings is 2. The third-order valence-electron chi connectivity index (χ3n) is 5.86. The third-order valence-corrected chi connectivity index (χ3v) is 5.86. The van der Waals surface area contributed by atoms with Crippen molar-refractivity contribution in [2.24, 2.45) is 0 Å². The lowest BCUT2D eigenvalue weighted by molar-refractivity contribution is 0.0666. The standard InChI is InChI=1S/C22H24N4O.ClH/c1-14(16-7-6-15-4-2-3-5-17(15)12-16)26(18-8-9-18)22(27)21-19-13-23-11-10-20(19)24-25-21;/h2-7,12,14,18,23H,8-11,13H2,1H3,(H,24,25);1H. The van der Waals surface area contributed by atoms with Crippen molar-refractivity contribution >= 4 is 29.1 Å². The molecule has 0 saturated heterocycles. The molecule has 5 rings (SSSR count). The summed E-state index contributed by atoms with van der Waals surface area (Å²) in [6, 6.07) is 15.2. The average Bonchev–Trinajstić information content (AvgIpc) is 3.44. The highest BCUT2D eigenvalue weighted by molar-refractivity contribution is 5.95. The maximum atomic E-state index is 13.5. The third kappa shape index (κ3) is 3.29. The van der Waals surface area contributed by atoms with Crippen molar-refractivity contribution in [1.29, 1.82) is 0 Å². The number of hydrogen-bond acceptors (Lipinski definition) is 3. The van der Waals surface area contributed by atoms with Gasteiger partial charge in [-0.15, -0.1) is 12.4 Å². The summed E-state index contributed by atoms with van der Waals surface area (Å²) in [4.78, 5) is 15.5. The van der Waals surface area contributed by atoms with E-state index in [-0.39, 0.29) is 24.4 Å². The van der Waals surface area contributed by atoms with Crippen LogP contribution in [0.3, 0.4) is 0 Å². The Balaban J connectivity index is 0.00000192. The Morgan fingerprint density at radius 2 is 1.96 bits per heavy atom. The smallest absolute Gasteiger partial charge is 0.275 e. The molecule has 1 atom stereocenters. The molecule has 2 aromatic carbocycles. The first-order valence-corrected chi connectivity index (χ1v) is 9.80. The quantitative estimate of drug-likeness (QED) is 0.700. The minimum absolute atomic E-state index is 0. The molecule has 1 fully saturated rings. The lowest BCUT2D eigenvalue weighted by Gasteiger charge is -2.30. The van der Waals surface area contributed by atoms with Crippen molar-refractivity contribution in [3.63, 3.8) is 0 Å². The maximum Gasteiger partial charge on any atom is 0.275 e. The summed E-state index contributed by atoms with van der Waals surface area (Å²) in [5.41, 5.74) is 3.92. The summed E-state index contributed by atoms with van der Waals surface area (Å²) < 4.78 is 0. The van der Waals surface area contributed by atoms with Crippen molar-refractivity contribution in [2.45, 2.75) is 44.8 Å². The zero-order chi connectivity index (χ0) is 18.4. The molecule has 3 aromatic rings. The Kier molecular flexibility index (Phi) is 5.13. The van der Waals surface area contributed by atoms with Crippen molar-refractivity contribution in [3.8, 4) is 0 Å². The van der Waals surface area contributed by atoms with Gasteiger partial charge in [0.05, 0.1) is 6.04 Å². The summed E-state index contributed by atoms with van der Waals surface area (Å²) in [6.07, 6.45) is 3.06. The molecule has 0 radical (unpaired) electrons. The second-order valence-corrected chi connectivity index (χ2v) is 7.68. The first kappa shape index (κ1) is 19.0. The predicted octanol–water partition coefficient (Wildman–Crippen LogP) is 4.00. The first-order chi connectivity index (χ1) is 13.2. The van der Waals surface area contributed by atoms with Gasteiger partial charge in [-0.25, -0.2) is 0 Å². The van der Waals surface area contributed by atoms with Crippen molar-refractivity contribution in [1.82, 2.24) is 20.4 Å². The number of fused-ring (bicyclic) bond motifs is 2. The van der Waals surface area contributed by atoms with Crippen LogP contribution in [0.15, 0.2) is 42.5 Å². The highest BCUT2D eigenvalue weighted by atomic mass is 35.5. The molecule has 5 nitrogen and oxygen atoms in total. The molecule has 1 saturated carbocycles. The highest BCUT2D eigenvalue weighted by Gasteiger charge is 2.38. The van der Waals surface area contributed by atoms with E-state index in [0.29, 0.717) is 11.7 Å². The SMILES string of the molecule is CC(c1ccc2ccccc2c1)N(C(=O)c1n[nH]c2c1CNCC2)C1CC1.Cl. The van der Waals surface area contributed by atoms with Crippen LogP contribution < -0.4 is 5.32 Å². The maximum absolute atomic E-state index is 13.5. The molecule has 0 spiro atoms. The van der Waals surface area contributed by atoms with Gasteiger partial charge in [-0.05, 0) is 42.2 Å². The van der Waals surface area contributed by atoms with Crippen LogP contribution in [0.5, 0.6) is 0 Å². The van der Waals surface area contributed by atoms with E-state index in [1.807, 2.05) is 0 Å². The minimum Gasteiger partial charge on any atom is -0.327 e. The zero-order valence-electron chi connectivity index (χ0n) is 15.9. The molecule has 0 bridgehead atoms.